The summed E-state index contributed by atoms with van der Waals surface area (Å²) >= 11 is 0. The molecular weight excluding hydrogens is 1590 g/mol. The highest BCUT2D eigenvalue weighted by Crippen LogP contribution is 2.43. The van der Waals surface area contributed by atoms with Crippen molar-refractivity contribution in [2.75, 3.05) is 46.2 Å². The van der Waals surface area contributed by atoms with Crippen LogP contribution in [0.1, 0.15) is 61.2 Å². The summed E-state index contributed by atoms with van der Waals surface area (Å²) in [5.74, 6) is 0.0295. The van der Waals surface area contributed by atoms with Crippen LogP contribution in [-0.4, -0.2) is 384 Å². The lowest BCUT2D eigenvalue weighted by Gasteiger charge is -2.50. The normalized spacial score (nSPS) is 40.5. The summed E-state index contributed by atoms with van der Waals surface area (Å²) in [6.07, 6.45) is -70.5. The molecule has 0 radical (unpaired) electrons. The van der Waals surface area contributed by atoms with E-state index < -0.39 is 268 Å². The standard InChI is InChI=1S/C79H103NO39/c81-22-41-65-52(92)58(98)74(106-41)114-67-43(24-83)108-76(60(100)54(67)94)116-69-45(26-85)110-78(62(102)56(69)96)118-71-47(28-87)112-79(119-70-46(27-86)111-77(63(103)57(70)97)117-68-44(25-84)109-75(61(101)55(68)95)115-66-42(23-82)107-73(113-65)59(99)53(66)93)72(64(71)104)105-29-31-12-10-30(11-13-31)20-80-21-32-14-39-18-37-8-2-6-35(49(37)89)16-33-4-1-5-34(48(33)88)17-36-7-3-9-38(50(36)90)19-40(15-32)51(39)91/h1-15,41-47,52-104H,16-29H2/t41-,42-,43-,44-,45-,46-,47-,52-,53-,54-,55-,56-,57-,58-,59-,60-,61-,62-,63-,64+,65-,66-,67-,68-,69-,70-,71-,72-,73-,74-,75-,76-,77-,78-,79-/m1/s1. The van der Waals surface area contributed by atoms with Crippen LogP contribution in [0, 0.1) is 0 Å². The molecule has 21 aliphatic heterocycles. The van der Waals surface area contributed by atoms with Crippen molar-refractivity contribution in [2.45, 2.75) is 260 Å². The van der Waals surface area contributed by atoms with Crippen molar-refractivity contribution in [1.29, 1.82) is 0 Å². The molecule has 35 atom stereocenters. The van der Waals surface area contributed by atoms with E-state index in [0.717, 1.165) is 11.1 Å². The number of fused-ring (bicyclic) bond motifs is 8. The Morgan fingerprint density at radius 1 is 0.252 bits per heavy atom. The highest BCUT2D eigenvalue weighted by molar-refractivity contribution is 5.55. The minimum absolute atomic E-state index is 0.00338. The number of benzene rings is 5. The second kappa shape index (κ2) is 38.5. The number of aromatic hydroxyl groups is 4. The van der Waals surface area contributed by atoms with Crippen LogP contribution >= 0.6 is 0 Å². The van der Waals surface area contributed by atoms with Gasteiger partial charge < -0.3 is 199 Å². The molecule has 22 aliphatic rings. The summed E-state index contributed by atoms with van der Waals surface area (Å²) in [7, 11) is 0. The van der Waals surface area contributed by atoms with Gasteiger partial charge in [-0.3, -0.25) is 0 Å². The molecule has 0 unspecified atom stereocenters. The predicted molar refractivity (Wildman–Crippen MR) is 392 cm³/mol. The van der Waals surface area contributed by atoms with E-state index in [0.29, 0.717) is 50.1 Å². The van der Waals surface area contributed by atoms with Crippen LogP contribution in [0.2, 0.25) is 0 Å². The Kier molecular flexibility index (Phi) is 28.9. The Morgan fingerprint density at radius 2 is 0.471 bits per heavy atom. The maximum Gasteiger partial charge on any atom is 0.187 e. The lowest BCUT2D eigenvalue weighted by atomic mass is 9.90. The number of nitrogens with one attached hydrogen (secondary N) is 1. The van der Waals surface area contributed by atoms with Crippen molar-refractivity contribution >= 4 is 0 Å². The van der Waals surface area contributed by atoms with Crippen molar-refractivity contribution in [3.8, 4) is 23.0 Å². The van der Waals surface area contributed by atoms with E-state index >= 15 is 0 Å². The molecule has 21 fully saturated rings. The van der Waals surface area contributed by atoms with Gasteiger partial charge in [-0.05, 0) is 61.2 Å². The van der Waals surface area contributed by atoms with E-state index in [4.69, 9.17) is 71.1 Å². The van der Waals surface area contributed by atoms with Gasteiger partial charge in [-0.2, -0.15) is 0 Å². The molecule has 40 heteroatoms. The van der Waals surface area contributed by atoms with Gasteiger partial charge >= 0.3 is 0 Å². The van der Waals surface area contributed by atoms with Crippen LogP contribution < -0.4 is 5.32 Å². The number of aliphatic hydroxyl groups excluding tert-OH is 20. The van der Waals surface area contributed by atoms with Crippen LogP contribution in [-0.2, 0) is 116 Å². The lowest BCUT2D eigenvalue weighted by Crippen LogP contribution is -2.68. The summed E-state index contributed by atoms with van der Waals surface area (Å²) in [5, 5.41) is 278. The van der Waals surface area contributed by atoms with E-state index in [9.17, 15) is 123 Å². The average Bonchev–Trinajstić information content (AvgIpc) is 0.844. The Labute approximate surface area is 678 Å². The van der Waals surface area contributed by atoms with E-state index in [1.165, 1.54) is 0 Å². The van der Waals surface area contributed by atoms with E-state index in [2.05, 4.69) is 5.32 Å². The third kappa shape index (κ3) is 18.4. The number of phenolic OH excluding ortho intramolecular Hbond substituents is 4. The first-order chi connectivity index (χ1) is 57.2. The van der Waals surface area contributed by atoms with E-state index in [1.807, 2.05) is 18.2 Å². The lowest BCUT2D eigenvalue weighted by molar-refractivity contribution is -0.398. The number of para-hydroxylation sites is 3. The van der Waals surface area contributed by atoms with E-state index in [-0.39, 0.29) is 61.8 Å². The van der Waals surface area contributed by atoms with Gasteiger partial charge in [0.2, 0.25) is 0 Å². The van der Waals surface area contributed by atoms with Crippen molar-refractivity contribution in [3.63, 3.8) is 0 Å². The second-order valence-corrected chi connectivity index (χ2v) is 31.1. The highest BCUT2D eigenvalue weighted by atomic mass is 16.8. The topological polar surface area (TPSA) is 636 Å². The predicted octanol–water partition coefficient (Wildman–Crippen LogP) is -8.22. The highest BCUT2D eigenvalue weighted by Gasteiger charge is 2.60. The minimum Gasteiger partial charge on any atom is -0.507 e. The fourth-order valence-electron chi connectivity index (χ4n) is 16.7. The van der Waals surface area contributed by atoms with Gasteiger partial charge in [0.25, 0.3) is 0 Å². The first kappa shape index (κ1) is 89.1. The summed E-state index contributed by atoms with van der Waals surface area (Å²) < 4.78 is 89.2. The quantitative estimate of drug-likeness (QED) is 0.0482. The molecule has 658 valence electrons. The third-order valence-electron chi connectivity index (χ3n) is 23.3. The van der Waals surface area contributed by atoms with Gasteiger partial charge in [0, 0.05) is 38.8 Å². The van der Waals surface area contributed by atoms with Gasteiger partial charge in [0.15, 0.2) is 44.0 Å². The number of phenols is 4. The second-order valence-electron chi connectivity index (χ2n) is 31.1. The Hall–Kier alpha value is -6.14. The summed E-state index contributed by atoms with van der Waals surface area (Å²) in [6, 6.07) is 26.4. The molecule has 21 saturated heterocycles. The number of hydrogen-bond acceptors (Lipinski definition) is 40. The molecule has 40 nitrogen and oxygen atoms in total. The smallest absolute Gasteiger partial charge is 0.187 e. The van der Waals surface area contributed by atoms with Crippen LogP contribution in [0.4, 0.5) is 0 Å². The zero-order valence-corrected chi connectivity index (χ0v) is 63.6. The molecule has 22 bridgehead atoms. The summed E-state index contributed by atoms with van der Waals surface area (Å²) in [4.78, 5) is 0. The molecule has 0 saturated carbocycles. The van der Waals surface area contributed by atoms with E-state index in [1.54, 1.807) is 72.8 Å². The number of aliphatic hydroxyl groups is 20. The zero-order chi connectivity index (χ0) is 84.7. The molecule has 0 amide bonds. The van der Waals surface area contributed by atoms with Crippen molar-refractivity contribution in [1.82, 2.24) is 5.32 Å². The first-order valence-electron chi connectivity index (χ1n) is 39.1. The zero-order valence-electron chi connectivity index (χ0n) is 63.6. The SMILES string of the molecule is OC[C@H]1O[C@@H]2O[C@H]3[C@H](O)[C@@H](O)[C@@H](O[C@H]4[C@H](O)[C@@H](O)[C@@H](O[C@H]5[C@H](O)[C@@H](OCc6ccc(CNCc7cc8c(O)c(c7)Cc7cccc(c7O)Cc7cccc(c7O)Cc7cccc(c7O)C8)cc6)[C@@H](O[C@H]6[C@H](O)[C@@H](O)[C@@H](O[C@H]7[C@H](O)[C@@H](O)[C@@H](O[C@H]8[C@H](O)[C@@H](O)[C@@H](O[C@H]1[C@H](O)[C@H]2O)O[C@@H]8CO)O[C@@H]7CO)O[C@@H]6CO)O[C@@H]5CO)O[C@@H]4CO)O[C@@H]3CO. The molecule has 119 heavy (non-hydrogen) atoms. The van der Waals surface area contributed by atoms with Crippen LogP contribution in [0.5, 0.6) is 23.0 Å². The maximum atomic E-state index is 12.6. The number of rotatable bonds is 14. The average molecular weight is 1690 g/mol. The largest absolute Gasteiger partial charge is 0.507 e. The summed E-state index contributed by atoms with van der Waals surface area (Å²) in [5.41, 5.74) is 6.18. The Morgan fingerprint density at radius 3 is 0.739 bits per heavy atom. The minimum atomic E-state index is -2.26. The number of hydrogen-bond donors (Lipinski definition) is 25. The molecule has 1 aliphatic carbocycles. The first-order valence-corrected chi connectivity index (χ1v) is 39.1. The fourth-order valence-corrected chi connectivity index (χ4v) is 16.7. The fraction of sp³-hybridized carbons (Fsp3) is 0.620. The van der Waals surface area contributed by atoms with Crippen molar-refractivity contribution < 1.29 is 194 Å². The van der Waals surface area contributed by atoms with Crippen molar-refractivity contribution in [3.05, 3.63) is 152 Å². The molecule has 27 rings (SSSR count). The molecule has 25 N–H and O–H groups in total. The van der Waals surface area contributed by atoms with Gasteiger partial charge in [0.1, 0.15) is 194 Å². The molecule has 21 heterocycles. The molecule has 0 spiro atoms. The Bertz CT molecular complexity index is 4050. The van der Waals surface area contributed by atoms with Crippen LogP contribution in [0.25, 0.3) is 0 Å². The molecule has 0 aromatic heterocycles. The van der Waals surface area contributed by atoms with Gasteiger partial charge in [-0.1, -0.05) is 91.0 Å². The third-order valence-corrected chi connectivity index (χ3v) is 23.3. The van der Waals surface area contributed by atoms with Crippen LogP contribution in [0.15, 0.2) is 91.0 Å². The van der Waals surface area contributed by atoms with Crippen LogP contribution in [0.3, 0.4) is 0 Å². The molecule has 5 aromatic carbocycles. The molecule has 5 aromatic rings. The van der Waals surface area contributed by atoms with Gasteiger partial charge in [0.05, 0.1) is 52.9 Å². The maximum absolute atomic E-state index is 12.6. The Balaban J connectivity index is 0.718. The van der Waals surface area contributed by atoms with Gasteiger partial charge in [-0.25, -0.2) is 0 Å². The van der Waals surface area contributed by atoms with Gasteiger partial charge in [-0.15, -0.1) is 0 Å². The number of ether oxygens (including phenoxy) is 15. The molecular formula is C79H103NO39. The summed E-state index contributed by atoms with van der Waals surface area (Å²) in [6.45, 7) is -7.42. The monoisotopic (exact) mass is 1690 g/mol. The van der Waals surface area contributed by atoms with Crippen molar-refractivity contribution in [2.24, 2.45) is 0 Å².